The van der Waals surface area contributed by atoms with E-state index in [0.29, 0.717) is 34.2 Å². The van der Waals surface area contributed by atoms with Crippen LogP contribution in [-0.2, 0) is 12.8 Å². The summed E-state index contributed by atoms with van der Waals surface area (Å²) in [5.74, 6) is 0.379. The third kappa shape index (κ3) is 4.65. The van der Waals surface area contributed by atoms with Crippen molar-refractivity contribution in [1.29, 1.82) is 0 Å². The number of rotatable bonds is 6. The molecule has 0 saturated heterocycles. The van der Waals surface area contributed by atoms with E-state index in [9.17, 15) is 9.18 Å². The SMILES string of the molecule is CCc1ccc(-c2noc(C3=C(C)N(c4ccc(C)c(F)c4)C(=O)NC3c3ccc(CC)cc3)n2)cc1. The molecule has 2 amide bonds. The molecule has 0 saturated carbocycles. The molecule has 0 aliphatic carbocycles. The van der Waals surface area contributed by atoms with Crippen LogP contribution in [0.4, 0.5) is 14.9 Å². The summed E-state index contributed by atoms with van der Waals surface area (Å²) in [6.45, 7) is 7.71. The lowest BCUT2D eigenvalue weighted by molar-refractivity contribution is 0.244. The Bertz CT molecular complexity index is 1470. The fraction of sp³-hybridized carbons (Fsp3) is 0.233. The Morgan fingerprint density at radius 3 is 2.22 bits per heavy atom. The molecule has 1 aliphatic heterocycles. The van der Waals surface area contributed by atoms with Gasteiger partial charge >= 0.3 is 6.03 Å². The number of nitrogens with zero attached hydrogens (tertiary/aromatic N) is 3. The van der Waals surface area contributed by atoms with Crippen LogP contribution in [0.2, 0.25) is 0 Å². The summed E-state index contributed by atoms with van der Waals surface area (Å²) < 4.78 is 20.2. The van der Waals surface area contributed by atoms with Crippen molar-refractivity contribution in [3.8, 4) is 11.4 Å². The molecule has 5 rings (SSSR count). The number of aromatic nitrogens is 2. The molecule has 1 atom stereocenters. The van der Waals surface area contributed by atoms with Gasteiger partial charge < -0.3 is 9.84 Å². The topological polar surface area (TPSA) is 71.3 Å². The Hall–Kier alpha value is -4.26. The van der Waals surface area contributed by atoms with Crippen molar-refractivity contribution in [1.82, 2.24) is 15.5 Å². The van der Waals surface area contributed by atoms with Crippen LogP contribution in [-0.4, -0.2) is 16.2 Å². The van der Waals surface area contributed by atoms with E-state index in [1.807, 2.05) is 55.5 Å². The molecule has 188 valence electrons. The number of amides is 2. The zero-order valence-electron chi connectivity index (χ0n) is 21.4. The number of benzene rings is 3. The lowest BCUT2D eigenvalue weighted by atomic mass is 9.93. The molecule has 1 N–H and O–H groups in total. The van der Waals surface area contributed by atoms with Gasteiger partial charge in [0.1, 0.15) is 5.82 Å². The van der Waals surface area contributed by atoms with Crippen LogP contribution < -0.4 is 10.2 Å². The summed E-state index contributed by atoms with van der Waals surface area (Å²) in [5, 5.41) is 7.31. The molecular formula is C30H29FN4O2. The van der Waals surface area contributed by atoms with Gasteiger partial charge in [0.2, 0.25) is 5.82 Å². The van der Waals surface area contributed by atoms with Gasteiger partial charge in [-0.3, -0.25) is 4.90 Å². The second kappa shape index (κ2) is 10.0. The fourth-order valence-corrected chi connectivity index (χ4v) is 4.59. The minimum absolute atomic E-state index is 0.300. The van der Waals surface area contributed by atoms with Crippen LogP contribution in [0.3, 0.4) is 0 Å². The van der Waals surface area contributed by atoms with Gasteiger partial charge in [0.15, 0.2) is 0 Å². The van der Waals surface area contributed by atoms with E-state index in [2.05, 4.69) is 24.3 Å². The van der Waals surface area contributed by atoms with Crippen LogP contribution in [0.25, 0.3) is 17.0 Å². The second-order valence-electron chi connectivity index (χ2n) is 9.22. The summed E-state index contributed by atoms with van der Waals surface area (Å²) in [5.41, 5.74) is 6.33. The van der Waals surface area contributed by atoms with Gasteiger partial charge in [-0.05, 0) is 61.1 Å². The van der Waals surface area contributed by atoms with E-state index in [1.165, 1.54) is 22.1 Å². The van der Waals surface area contributed by atoms with Gasteiger partial charge in [-0.25, -0.2) is 9.18 Å². The van der Waals surface area contributed by atoms with Crippen molar-refractivity contribution in [2.24, 2.45) is 0 Å². The third-order valence-corrected chi connectivity index (χ3v) is 6.90. The number of hydrogen-bond acceptors (Lipinski definition) is 4. The number of urea groups is 1. The van der Waals surface area contributed by atoms with E-state index in [-0.39, 0.29) is 11.8 Å². The molecule has 37 heavy (non-hydrogen) atoms. The first-order chi connectivity index (χ1) is 17.9. The van der Waals surface area contributed by atoms with Crippen LogP contribution >= 0.6 is 0 Å². The molecule has 0 radical (unpaired) electrons. The molecule has 0 bridgehead atoms. The minimum Gasteiger partial charge on any atom is -0.334 e. The van der Waals surface area contributed by atoms with Crippen LogP contribution in [0.5, 0.6) is 0 Å². The van der Waals surface area contributed by atoms with E-state index in [4.69, 9.17) is 9.51 Å². The number of halogens is 1. The highest BCUT2D eigenvalue weighted by Crippen LogP contribution is 2.39. The maximum Gasteiger partial charge on any atom is 0.327 e. The Morgan fingerprint density at radius 1 is 0.946 bits per heavy atom. The lowest BCUT2D eigenvalue weighted by Crippen LogP contribution is -2.46. The van der Waals surface area contributed by atoms with Crippen molar-refractivity contribution >= 4 is 17.3 Å². The van der Waals surface area contributed by atoms with Crippen LogP contribution in [0.15, 0.2) is 77.0 Å². The van der Waals surface area contributed by atoms with Gasteiger partial charge in [0.25, 0.3) is 5.89 Å². The molecule has 7 heteroatoms. The third-order valence-electron chi connectivity index (χ3n) is 6.90. The smallest absolute Gasteiger partial charge is 0.327 e. The Kier molecular flexibility index (Phi) is 6.61. The van der Waals surface area contributed by atoms with Gasteiger partial charge in [0, 0.05) is 11.3 Å². The summed E-state index contributed by atoms with van der Waals surface area (Å²) in [4.78, 5) is 19.5. The minimum atomic E-state index is -0.513. The second-order valence-corrected chi connectivity index (χ2v) is 9.22. The first-order valence-electron chi connectivity index (χ1n) is 12.5. The molecule has 3 aromatic carbocycles. The maximum atomic E-state index is 14.5. The van der Waals surface area contributed by atoms with E-state index in [0.717, 1.165) is 24.0 Å². The summed E-state index contributed by atoms with van der Waals surface area (Å²) in [7, 11) is 0. The number of aryl methyl sites for hydroxylation is 3. The number of carbonyl (C=O) groups is 1. The molecular weight excluding hydrogens is 467 g/mol. The fourth-order valence-electron chi connectivity index (χ4n) is 4.59. The largest absolute Gasteiger partial charge is 0.334 e. The van der Waals surface area contributed by atoms with Crippen molar-refractivity contribution in [2.75, 3.05) is 4.90 Å². The van der Waals surface area contributed by atoms with Crippen LogP contribution in [0, 0.1) is 12.7 Å². The number of hydrogen-bond donors (Lipinski definition) is 1. The maximum absolute atomic E-state index is 14.5. The average molecular weight is 497 g/mol. The van der Waals surface area contributed by atoms with E-state index < -0.39 is 6.04 Å². The molecule has 1 unspecified atom stereocenters. The van der Waals surface area contributed by atoms with Crippen molar-refractivity contribution in [2.45, 2.75) is 46.6 Å². The average Bonchev–Trinajstić information content (AvgIpc) is 3.40. The first kappa shape index (κ1) is 24.4. The number of anilines is 1. The van der Waals surface area contributed by atoms with Crippen LogP contribution in [0.1, 0.15) is 55.0 Å². The Morgan fingerprint density at radius 2 is 1.59 bits per heavy atom. The van der Waals surface area contributed by atoms with E-state index >= 15 is 0 Å². The highest BCUT2D eigenvalue weighted by atomic mass is 19.1. The molecule has 1 aliphatic rings. The number of carbonyl (C=O) groups excluding carboxylic acids is 1. The first-order valence-corrected chi connectivity index (χ1v) is 12.5. The highest BCUT2D eigenvalue weighted by Gasteiger charge is 2.36. The molecule has 0 spiro atoms. The summed E-state index contributed by atoms with van der Waals surface area (Å²) >= 11 is 0. The molecule has 6 nitrogen and oxygen atoms in total. The van der Waals surface area contributed by atoms with Crippen molar-refractivity contribution < 1.29 is 13.7 Å². The molecule has 0 fully saturated rings. The zero-order chi connectivity index (χ0) is 26.1. The predicted molar refractivity (Wildman–Crippen MR) is 142 cm³/mol. The van der Waals surface area contributed by atoms with Crippen molar-refractivity contribution in [3.63, 3.8) is 0 Å². The zero-order valence-corrected chi connectivity index (χ0v) is 21.4. The van der Waals surface area contributed by atoms with Gasteiger partial charge in [-0.2, -0.15) is 4.98 Å². The van der Waals surface area contributed by atoms with Gasteiger partial charge in [-0.1, -0.05) is 73.6 Å². The Balaban J connectivity index is 1.63. The molecule has 2 heterocycles. The quantitative estimate of drug-likeness (QED) is 0.312. The highest BCUT2D eigenvalue weighted by molar-refractivity contribution is 6.01. The normalized spacial score (nSPS) is 15.8. The number of allylic oxidation sites excluding steroid dienone is 1. The van der Waals surface area contributed by atoms with Gasteiger partial charge in [0.05, 0.1) is 17.3 Å². The Labute approximate surface area is 215 Å². The number of nitrogens with one attached hydrogen (secondary N) is 1. The lowest BCUT2D eigenvalue weighted by Gasteiger charge is -2.35. The monoisotopic (exact) mass is 496 g/mol. The van der Waals surface area contributed by atoms with Gasteiger partial charge in [-0.15, -0.1) is 0 Å². The molecule has 1 aromatic heterocycles. The molecule has 4 aromatic rings. The van der Waals surface area contributed by atoms with Crippen molar-refractivity contribution in [3.05, 3.63) is 106 Å². The summed E-state index contributed by atoms with van der Waals surface area (Å²) in [6.07, 6.45) is 1.85. The van der Waals surface area contributed by atoms with E-state index in [1.54, 1.807) is 19.1 Å². The standard InChI is InChI=1S/C30H29FN4O2/c1-5-20-8-12-22(13-9-20)27-26(29-33-28(34-37-29)23-14-10-21(6-2)11-15-23)19(4)35(30(36)32-27)24-16-7-18(3)25(31)17-24/h7-17,27H,5-6H2,1-4H3,(H,32,36). The predicted octanol–water partition coefficient (Wildman–Crippen LogP) is 7.01. The summed E-state index contributed by atoms with van der Waals surface area (Å²) in [6, 6.07) is 20.0.